The van der Waals surface area contributed by atoms with E-state index >= 15 is 0 Å². The molecule has 68 valence electrons. The highest BCUT2D eigenvalue weighted by molar-refractivity contribution is 5.32. The second-order valence-corrected chi connectivity index (χ2v) is 3.42. The lowest BCUT2D eigenvalue weighted by molar-refractivity contribution is 0.0827. The summed E-state index contributed by atoms with van der Waals surface area (Å²) in [7, 11) is 0. The Bertz CT molecular complexity index is 279. The molecule has 0 radical (unpaired) electrons. The van der Waals surface area contributed by atoms with Gasteiger partial charge in [0.1, 0.15) is 0 Å². The Labute approximate surface area is 79.0 Å². The zero-order chi connectivity index (χ0) is 9.10. The highest BCUT2D eigenvalue weighted by Gasteiger charge is 2.20. The van der Waals surface area contributed by atoms with E-state index in [-0.39, 0.29) is 0 Å². The van der Waals surface area contributed by atoms with Crippen LogP contribution in [-0.2, 0) is 17.6 Å². The topological polar surface area (TPSA) is 9.23 Å². The van der Waals surface area contributed by atoms with Crippen molar-refractivity contribution in [3.8, 4) is 0 Å². The third-order valence-electron chi connectivity index (χ3n) is 2.46. The van der Waals surface area contributed by atoms with Crippen LogP contribution in [0.1, 0.15) is 11.1 Å². The van der Waals surface area contributed by atoms with E-state index in [1.54, 1.807) is 0 Å². The normalized spacial score (nSPS) is 15.7. The van der Waals surface area contributed by atoms with Gasteiger partial charge in [0.25, 0.3) is 0 Å². The molecule has 0 amide bonds. The zero-order valence-electron chi connectivity index (χ0n) is 7.70. The molecule has 1 aromatic rings. The molecule has 1 aliphatic rings. The maximum atomic E-state index is 5.62. The van der Waals surface area contributed by atoms with Crippen molar-refractivity contribution in [2.45, 2.75) is 18.9 Å². The third kappa shape index (κ3) is 1.81. The summed E-state index contributed by atoms with van der Waals surface area (Å²) in [4.78, 5) is 0. The van der Waals surface area contributed by atoms with Crippen molar-refractivity contribution < 1.29 is 4.74 Å². The molecule has 0 saturated heterocycles. The number of benzene rings is 1. The first-order valence-corrected chi connectivity index (χ1v) is 4.69. The summed E-state index contributed by atoms with van der Waals surface area (Å²) in [5, 5.41) is 0. The number of ether oxygens (including phenoxy) is 1. The molecule has 0 fully saturated rings. The molecule has 1 aliphatic carbocycles. The Morgan fingerprint density at radius 2 is 1.92 bits per heavy atom. The Morgan fingerprint density at radius 3 is 2.46 bits per heavy atom. The molecule has 0 bridgehead atoms. The highest BCUT2D eigenvalue weighted by Crippen LogP contribution is 2.23. The van der Waals surface area contributed by atoms with Gasteiger partial charge >= 0.3 is 0 Å². The summed E-state index contributed by atoms with van der Waals surface area (Å²) in [5.74, 6) is 0. The van der Waals surface area contributed by atoms with Gasteiger partial charge in [0.05, 0.1) is 12.7 Å². The van der Waals surface area contributed by atoms with Crippen LogP contribution in [0.25, 0.3) is 0 Å². The van der Waals surface area contributed by atoms with Gasteiger partial charge in [-0.1, -0.05) is 30.3 Å². The summed E-state index contributed by atoms with van der Waals surface area (Å²) in [6.07, 6.45) is 4.30. The first-order chi connectivity index (χ1) is 6.40. The van der Waals surface area contributed by atoms with Crippen molar-refractivity contribution in [3.05, 3.63) is 48.0 Å². The van der Waals surface area contributed by atoms with E-state index in [1.807, 2.05) is 6.08 Å². The lowest BCUT2D eigenvalue weighted by Gasteiger charge is -2.07. The Hall–Kier alpha value is -1.08. The molecule has 1 heteroatoms. The van der Waals surface area contributed by atoms with Crippen LogP contribution in [0.2, 0.25) is 0 Å². The standard InChI is InChI=1S/C12H14O/c1-2-7-13-12-8-10-5-3-4-6-11(10)9-12/h2-6,12H,1,7-9H2. The minimum atomic E-state index is 0.371. The van der Waals surface area contributed by atoms with Crippen molar-refractivity contribution in [1.82, 2.24) is 0 Å². The average molecular weight is 174 g/mol. The van der Waals surface area contributed by atoms with Gasteiger partial charge in [0.2, 0.25) is 0 Å². The molecule has 0 atom stereocenters. The molecule has 2 rings (SSSR count). The maximum absolute atomic E-state index is 5.62. The molecular weight excluding hydrogens is 160 g/mol. The van der Waals surface area contributed by atoms with E-state index in [0.29, 0.717) is 12.7 Å². The average Bonchev–Trinajstić information content (AvgIpc) is 2.57. The van der Waals surface area contributed by atoms with Gasteiger partial charge in [-0.25, -0.2) is 0 Å². The Morgan fingerprint density at radius 1 is 1.31 bits per heavy atom. The van der Waals surface area contributed by atoms with Gasteiger partial charge in [-0.3, -0.25) is 0 Å². The van der Waals surface area contributed by atoms with Crippen LogP contribution in [-0.4, -0.2) is 12.7 Å². The molecule has 0 heterocycles. The molecule has 1 aromatic carbocycles. The fourth-order valence-electron chi connectivity index (χ4n) is 1.84. The fourth-order valence-corrected chi connectivity index (χ4v) is 1.84. The SMILES string of the molecule is C=CCOC1Cc2ccccc2C1. The van der Waals surface area contributed by atoms with Crippen LogP contribution in [0.5, 0.6) is 0 Å². The van der Waals surface area contributed by atoms with Crippen LogP contribution in [0.15, 0.2) is 36.9 Å². The first-order valence-electron chi connectivity index (χ1n) is 4.69. The minimum Gasteiger partial charge on any atom is -0.373 e. The van der Waals surface area contributed by atoms with Gasteiger partial charge in [0, 0.05) is 0 Å². The largest absolute Gasteiger partial charge is 0.373 e. The molecule has 0 spiro atoms. The van der Waals surface area contributed by atoms with E-state index in [2.05, 4.69) is 30.8 Å². The van der Waals surface area contributed by atoms with Gasteiger partial charge in [-0.05, 0) is 24.0 Å². The van der Waals surface area contributed by atoms with Crippen molar-refractivity contribution in [3.63, 3.8) is 0 Å². The second kappa shape index (κ2) is 3.75. The fraction of sp³-hybridized carbons (Fsp3) is 0.333. The van der Waals surface area contributed by atoms with Crippen molar-refractivity contribution in [2.24, 2.45) is 0 Å². The van der Waals surface area contributed by atoms with Crippen LogP contribution < -0.4 is 0 Å². The molecule has 1 nitrogen and oxygen atoms in total. The summed E-state index contributed by atoms with van der Waals surface area (Å²) in [5.41, 5.74) is 2.88. The first kappa shape index (κ1) is 8.52. The number of fused-ring (bicyclic) bond motifs is 1. The molecule has 13 heavy (non-hydrogen) atoms. The van der Waals surface area contributed by atoms with Crippen molar-refractivity contribution in [1.29, 1.82) is 0 Å². The Kier molecular flexibility index (Phi) is 2.46. The van der Waals surface area contributed by atoms with Gasteiger partial charge in [-0.2, -0.15) is 0 Å². The highest BCUT2D eigenvalue weighted by atomic mass is 16.5. The Balaban J connectivity index is 2.01. The third-order valence-corrected chi connectivity index (χ3v) is 2.46. The smallest absolute Gasteiger partial charge is 0.0660 e. The van der Waals surface area contributed by atoms with Crippen LogP contribution in [0, 0.1) is 0 Å². The van der Waals surface area contributed by atoms with Crippen molar-refractivity contribution >= 4 is 0 Å². The molecule has 0 saturated carbocycles. The molecule has 0 aromatic heterocycles. The predicted octanol–water partition coefficient (Wildman–Crippen LogP) is 2.36. The van der Waals surface area contributed by atoms with E-state index in [9.17, 15) is 0 Å². The van der Waals surface area contributed by atoms with E-state index < -0.39 is 0 Å². The van der Waals surface area contributed by atoms with E-state index in [0.717, 1.165) is 12.8 Å². The molecular formula is C12H14O. The molecule has 0 aliphatic heterocycles. The molecule has 0 N–H and O–H groups in total. The van der Waals surface area contributed by atoms with Crippen molar-refractivity contribution in [2.75, 3.05) is 6.61 Å². The van der Waals surface area contributed by atoms with Crippen LogP contribution in [0.3, 0.4) is 0 Å². The maximum Gasteiger partial charge on any atom is 0.0660 e. The summed E-state index contributed by atoms with van der Waals surface area (Å²) >= 11 is 0. The summed E-state index contributed by atoms with van der Waals surface area (Å²) < 4.78 is 5.62. The van der Waals surface area contributed by atoms with Crippen LogP contribution in [0.4, 0.5) is 0 Å². The molecule has 0 unspecified atom stereocenters. The van der Waals surface area contributed by atoms with E-state index in [1.165, 1.54) is 11.1 Å². The minimum absolute atomic E-state index is 0.371. The lowest BCUT2D eigenvalue weighted by atomic mass is 10.1. The predicted molar refractivity (Wildman–Crippen MR) is 53.8 cm³/mol. The monoisotopic (exact) mass is 174 g/mol. The number of hydrogen-bond acceptors (Lipinski definition) is 1. The zero-order valence-corrected chi connectivity index (χ0v) is 7.70. The summed E-state index contributed by atoms with van der Waals surface area (Å²) in [6, 6.07) is 8.56. The second-order valence-electron chi connectivity index (χ2n) is 3.42. The lowest BCUT2D eigenvalue weighted by Crippen LogP contribution is -2.12. The van der Waals surface area contributed by atoms with Gasteiger partial charge < -0.3 is 4.74 Å². The van der Waals surface area contributed by atoms with Gasteiger partial charge in [-0.15, -0.1) is 6.58 Å². The summed E-state index contributed by atoms with van der Waals surface area (Å²) in [6.45, 7) is 4.31. The van der Waals surface area contributed by atoms with Gasteiger partial charge in [0.15, 0.2) is 0 Å². The van der Waals surface area contributed by atoms with E-state index in [4.69, 9.17) is 4.74 Å². The van der Waals surface area contributed by atoms with Crippen LogP contribution >= 0.6 is 0 Å². The number of rotatable bonds is 3. The number of hydrogen-bond donors (Lipinski definition) is 0. The quantitative estimate of drug-likeness (QED) is 0.639.